The number of nitrogens with one attached hydrogen (secondary N) is 1. The van der Waals surface area contributed by atoms with Crippen LogP contribution in [0.1, 0.15) is 42.0 Å². The average molecular weight is 264 g/mol. The maximum absolute atomic E-state index is 12.1. The SMILES string of the molecule is CC(C)CCN1CCc2[nH]nc(C(=O)N(C)C)c2C1. The molecule has 0 aliphatic carbocycles. The maximum Gasteiger partial charge on any atom is 0.274 e. The summed E-state index contributed by atoms with van der Waals surface area (Å²) in [6.07, 6.45) is 2.16. The summed E-state index contributed by atoms with van der Waals surface area (Å²) in [7, 11) is 3.53. The van der Waals surface area contributed by atoms with Crippen molar-refractivity contribution < 1.29 is 4.79 Å². The Bertz CT molecular complexity index is 450. The Balaban J connectivity index is 2.10. The Kier molecular flexibility index (Phi) is 4.24. The van der Waals surface area contributed by atoms with Gasteiger partial charge in [0.2, 0.25) is 0 Å². The molecule has 19 heavy (non-hydrogen) atoms. The van der Waals surface area contributed by atoms with Crippen LogP contribution in [0.25, 0.3) is 0 Å². The molecule has 1 aromatic heterocycles. The molecule has 1 amide bonds. The van der Waals surface area contributed by atoms with Crippen molar-refractivity contribution in [1.82, 2.24) is 20.0 Å². The number of hydrogen-bond acceptors (Lipinski definition) is 3. The average Bonchev–Trinajstić information content (AvgIpc) is 2.78. The van der Waals surface area contributed by atoms with Crippen LogP contribution in [0.4, 0.5) is 0 Å². The third-order valence-electron chi connectivity index (χ3n) is 3.64. The highest BCUT2D eigenvalue weighted by Gasteiger charge is 2.25. The van der Waals surface area contributed by atoms with Gasteiger partial charge in [0.05, 0.1) is 0 Å². The van der Waals surface area contributed by atoms with Crippen molar-refractivity contribution in [3.63, 3.8) is 0 Å². The number of aromatic nitrogens is 2. The van der Waals surface area contributed by atoms with Gasteiger partial charge < -0.3 is 4.90 Å². The van der Waals surface area contributed by atoms with Crippen molar-refractivity contribution in [2.24, 2.45) is 5.92 Å². The number of rotatable bonds is 4. The van der Waals surface area contributed by atoms with Crippen LogP contribution in [-0.4, -0.2) is 53.1 Å². The largest absolute Gasteiger partial charge is 0.343 e. The first-order chi connectivity index (χ1) is 8.99. The highest BCUT2D eigenvalue weighted by Crippen LogP contribution is 2.21. The van der Waals surface area contributed by atoms with Gasteiger partial charge >= 0.3 is 0 Å². The number of aromatic amines is 1. The molecule has 1 aromatic rings. The lowest BCUT2D eigenvalue weighted by atomic mass is 10.0. The van der Waals surface area contributed by atoms with E-state index in [-0.39, 0.29) is 5.91 Å². The summed E-state index contributed by atoms with van der Waals surface area (Å²) in [5.41, 5.74) is 2.81. The van der Waals surface area contributed by atoms with Crippen LogP contribution >= 0.6 is 0 Å². The smallest absolute Gasteiger partial charge is 0.274 e. The molecule has 1 N–H and O–H groups in total. The number of carbonyl (C=O) groups excluding carboxylic acids is 1. The summed E-state index contributed by atoms with van der Waals surface area (Å²) in [5, 5.41) is 7.23. The number of hydrogen-bond donors (Lipinski definition) is 1. The summed E-state index contributed by atoms with van der Waals surface area (Å²) in [6, 6.07) is 0. The van der Waals surface area contributed by atoms with E-state index in [2.05, 4.69) is 28.9 Å². The van der Waals surface area contributed by atoms with E-state index in [1.54, 1.807) is 19.0 Å². The topological polar surface area (TPSA) is 52.2 Å². The number of H-pyrrole nitrogens is 1. The molecule has 2 heterocycles. The molecule has 106 valence electrons. The molecule has 0 saturated carbocycles. The highest BCUT2D eigenvalue weighted by molar-refractivity contribution is 5.93. The summed E-state index contributed by atoms with van der Waals surface area (Å²) in [4.78, 5) is 16.1. The van der Waals surface area contributed by atoms with Crippen LogP contribution in [0.2, 0.25) is 0 Å². The van der Waals surface area contributed by atoms with E-state index in [0.717, 1.165) is 37.3 Å². The Hall–Kier alpha value is -1.36. The van der Waals surface area contributed by atoms with Crippen LogP contribution in [0.3, 0.4) is 0 Å². The standard InChI is InChI=1S/C14H24N4O/c1-10(2)5-7-18-8-6-12-11(9-18)13(16-15-12)14(19)17(3)4/h10H,5-9H2,1-4H3,(H,15,16). The lowest BCUT2D eigenvalue weighted by Crippen LogP contribution is -2.33. The first-order valence-corrected chi connectivity index (χ1v) is 6.99. The van der Waals surface area contributed by atoms with Crippen molar-refractivity contribution in [3.8, 4) is 0 Å². The molecule has 0 spiro atoms. The fourth-order valence-electron chi connectivity index (χ4n) is 2.37. The Morgan fingerprint density at radius 2 is 2.21 bits per heavy atom. The van der Waals surface area contributed by atoms with Gasteiger partial charge in [-0.2, -0.15) is 5.10 Å². The van der Waals surface area contributed by atoms with E-state index in [4.69, 9.17) is 0 Å². The van der Waals surface area contributed by atoms with E-state index < -0.39 is 0 Å². The monoisotopic (exact) mass is 264 g/mol. The minimum atomic E-state index is -0.0109. The van der Waals surface area contributed by atoms with Crippen LogP contribution in [0.5, 0.6) is 0 Å². The lowest BCUT2D eigenvalue weighted by molar-refractivity contribution is 0.0819. The van der Waals surface area contributed by atoms with Crippen LogP contribution in [-0.2, 0) is 13.0 Å². The van der Waals surface area contributed by atoms with Crippen LogP contribution in [0, 0.1) is 5.92 Å². The van der Waals surface area contributed by atoms with E-state index in [0.29, 0.717) is 11.6 Å². The summed E-state index contributed by atoms with van der Waals surface area (Å²) < 4.78 is 0. The molecule has 0 aromatic carbocycles. The van der Waals surface area contributed by atoms with Crippen molar-refractivity contribution >= 4 is 5.91 Å². The van der Waals surface area contributed by atoms with Gasteiger partial charge in [-0.3, -0.25) is 14.8 Å². The van der Waals surface area contributed by atoms with Crippen LogP contribution in [0.15, 0.2) is 0 Å². The first kappa shape index (κ1) is 14.1. The molecule has 5 heteroatoms. The normalized spacial score (nSPS) is 15.6. The van der Waals surface area contributed by atoms with Gasteiger partial charge in [0.15, 0.2) is 5.69 Å². The van der Waals surface area contributed by atoms with Gasteiger partial charge in [0.1, 0.15) is 0 Å². The molecule has 2 rings (SSSR count). The van der Waals surface area contributed by atoms with Crippen molar-refractivity contribution in [1.29, 1.82) is 0 Å². The summed E-state index contributed by atoms with van der Waals surface area (Å²) in [5.74, 6) is 0.705. The van der Waals surface area contributed by atoms with Crippen molar-refractivity contribution in [2.75, 3.05) is 27.2 Å². The molecule has 5 nitrogen and oxygen atoms in total. The molecule has 1 aliphatic rings. The maximum atomic E-state index is 12.1. The van der Waals surface area contributed by atoms with Gasteiger partial charge in [0, 0.05) is 44.9 Å². The molecule has 0 radical (unpaired) electrons. The van der Waals surface area contributed by atoms with Gasteiger partial charge in [-0.25, -0.2) is 0 Å². The van der Waals surface area contributed by atoms with Crippen molar-refractivity contribution in [3.05, 3.63) is 17.0 Å². The molecule has 0 fully saturated rings. The second-order valence-corrected chi connectivity index (χ2v) is 5.94. The third-order valence-corrected chi connectivity index (χ3v) is 3.64. The second kappa shape index (κ2) is 5.74. The second-order valence-electron chi connectivity index (χ2n) is 5.94. The number of amides is 1. The fourth-order valence-corrected chi connectivity index (χ4v) is 2.37. The zero-order valence-corrected chi connectivity index (χ0v) is 12.4. The minimum Gasteiger partial charge on any atom is -0.343 e. The first-order valence-electron chi connectivity index (χ1n) is 6.99. The molecular formula is C14H24N4O. The van der Waals surface area contributed by atoms with E-state index in [1.807, 2.05) is 0 Å². The number of fused-ring (bicyclic) bond motifs is 1. The minimum absolute atomic E-state index is 0.0109. The van der Waals surface area contributed by atoms with Gasteiger partial charge in [-0.1, -0.05) is 13.8 Å². The molecule has 1 aliphatic heterocycles. The molecule has 0 unspecified atom stereocenters. The van der Waals surface area contributed by atoms with E-state index >= 15 is 0 Å². The Morgan fingerprint density at radius 3 is 2.84 bits per heavy atom. The van der Waals surface area contributed by atoms with E-state index in [9.17, 15) is 4.79 Å². The Morgan fingerprint density at radius 1 is 1.47 bits per heavy atom. The molecular weight excluding hydrogens is 240 g/mol. The number of nitrogens with zero attached hydrogens (tertiary/aromatic N) is 3. The zero-order chi connectivity index (χ0) is 14.0. The quantitative estimate of drug-likeness (QED) is 0.897. The van der Waals surface area contributed by atoms with Gasteiger partial charge in [-0.15, -0.1) is 0 Å². The van der Waals surface area contributed by atoms with Crippen LogP contribution < -0.4 is 0 Å². The van der Waals surface area contributed by atoms with Crippen molar-refractivity contribution in [2.45, 2.75) is 33.2 Å². The Labute approximate surface area is 115 Å². The van der Waals surface area contributed by atoms with Gasteiger partial charge in [-0.05, 0) is 18.9 Å². The number of carbonyl (C=O) groups is 1. The summed E-state index contributed by atoms with van der Waals surface area (Å²) in [6.45, 7) is 7.48. The molecule has 0 bridgehead atoms. The fraction of sp³-hybridized carbons (Fsp3) is 0.714. The molecule has 0 atom stereocenters. The predicted octanol–water partition coefficient (Wildman–Crippen LogP) is 1.52. The van der Waals surface area contributed by atoms with Gasteiger partial charge in [0.25, 0.3) is 5.91 Å². The third kappa shape index (κ3) is 3.15. The summed E-state index contributed by atoms with van der Waals surface area (Å²) >= 11 is 0. The molecule has 0 saturated heterocycles. The van der Waals surface area contributed by atoms with E-state index in [1.165, 1.54) is 6.42 Å². The zero-order valence-electron chi connectivity index (χ0n) is 12.4. The highest BCUT2D eigenvalue weighted by atomic mass is 16.2. The predicted molar refractivity (Wildman–Crippen MR) is 75.0 cm³/mol. The lowest BCUT2D eigenvalue weighted by Gasteiger charge is -2.27.